The average molecular weight is 263 g/mol. The van der Waals surface area contributed by atoms with Crippen molar-refractivity contribution in [2.24, 2.45) is 11.8 Å². The molecule has 1 fully saturated rings. The van der Waals surface area contributed by atoms with Gasteiger partial charge < -0.3 is 4.74 Å². The molecule has 0 saturated heterocycles. The first kappa shape index (κ1) is 14.3. The Hall–Kier alpha value is -1.13. The fourth-order valence-corrected chi connectivity index (χ4v) is 2.92. The summed E-state index contributed by atoms with van der Waals surface area (Å²) in [6.45, 7) is 0. The summed E-state index contributed by atoms with van der Waals surface area (Å²) >= 11 is 0. The number of nitrogens with zero attached hydrogens (tertiary/aromatic N) is 1. The molecule has 106 valence electrons. The van der Waals surface area contributed by atoms with Gasteiger partial charge in [0, 0.05) is 18.3 Å². The van der Waals surface area contributed by atoms with Crippen molar-refractivity contribution < 1.29 is 4.74 Å². The third-order valence-electron chi connectivity index (χ3n) is 4.12. The molecular weight excluding hydrogens is 238 g/mol. The second-order valence-corrected chi connectivity index (χ2v) is 5.50. The summed E-state index contributed by atoms with van der Waals surface area (Å²) < 4.78 is 5.06. The fraction of sp³-hybridized carbons (Fsp3) is 0.667. The van der Waals surface area contributed by atoms with Crippen LogP contribution in [0.2, 0.25) is 0 Å². The van der Waals surface area contributed by atoms with E-state index in [4.69, 9.17) is 10.6 Å². The molecule has 1 unspecified atom stereocenters. The van der Waals surface area contributed by atoms with E-state index in [1.54, 1.807) is 7.11 Å². The molecule has 1 atom stereocenters. The molecule has 1 saturated carbocycles. The normalized spacial score (nSPS) is 17.6. The van der Waals surface area contributed by atoms with E-state index >= 15 is 0 Å². The van der Waals surface area contributed by atoms with Crippen molar-refractivity contribution in [3.8, 4) is 5.88 Å². The lowest BCUT2D eigenvalue weighted by Crippen LogP contribution is -2.37. The van der Waals surface area contributed by atoms with Crippen molar-refractivity contribution in [2.45, 2.75) is 51.0 Å². The number of rotatable bonds is 7. The molecule has 19 heavy (non-hydrogen) atoms. The Morgan fingerprint density at radius 1 is 1.42 bits per heavy atom. The van der Waals surface area contributed by atoms with Gasteiger partial charge >= 0.3 is 0 Å². The SMILES string of the molecule is COc1ccc(CC(CCC2CCCC2)NN)cn1. The molecule has 0 radical (unpaired) electrons. The zero-order chi connectivity index (χ0) is 13.5. The maximum atomic E-state index is 5.67. The van der Waals surface area contributed by atoms with Gasteiger partial charge in [0.05, 0.1) is 7.11 Å². The highest BCUT2D eigenvalue weighted by Crippen LogP contribution is 2.29. The van der Waals surface area contributed by atoms with E-state index in [9.17, 15) is 0 Å². The van der Waals surface area contributed by atoms with Gasteiger partial charge in [0.1, 0.15) is 0 Å². The van der Waals surface area contributed by atoms with Gasteiger partial charge in [-0.05, 0) is 30.7 Å². The summed E-state index contributed by atoms with van der Waals surface area (Å²) in [4.78, 5) is 4.23. The largest absolute Gasteiger partial charge is 0.481 e. The van der Waals surface area contributed by atoms with Crippen molar-refractivity contribution in [1.82, 2.24) is 10.4 Å². The van der Waals surface area contributed by atoms with E-state index < -0.39 is 0 Å². The number of hydrazine groups is 1. The van der Waals surface area contributed by atoms with E-state index in [2.05, 4.69) is 16.5 Å². The van der Waals surface area contributed by atoms with Gasteiger partial charge in [-0.15, -0.1) is 0 Å². The molecule has 4 heteroatoms. The number of nitrogens with two attached hydrogens (primary N) is 1. The quantitative estimate of drug-likeness (QED) is 0.586. The molecule has 1 aliphatic rings. The Morgan fingerprint density at radius 2 is 2.21 bits per heavy atom. The molecule has 1 aromatic rings. The summed E-state index contributed by atoms with van der Waals surface area (Å²) in [5.41, 5.74) is 4.15. The summed E-state index contributed by atoms with van der Waals surface area (Å²) in [5.74, 6) is 7.25. The van der Waals surface area contributed by atoms with E-state index in [0.717, 1.165) is 18.8 Å². The van der Waals surface area contributed by atoms with Crippen LogP contribution in [0.15, 0.2) is 18.3 Å². The molecule has 1 aromatic heterocycles. The van der Waals surface area contributed by atoms with Crippen molar-refractivity contribution in [3.63, 3.8) is 0 Å². The lowest BCUT2D eigenvalue weighted by Gasteiger charge is -2.18. The number of methoxy groups -OCH3 is 1. The lowest BCUT2D eigenvalue weighted by molar-refractivity contribution is 0.395. The number of aromatic nitrogens is 1. The van der Waals surface area contributed by atoms with Crippen LogP contribution in [0.1, 0.15) is 44.1 Å². The molecule has 2 rings (SSSR count). The van der Waals surface area contributed by atoms with Gasteiger partial charge in [-0.3, -0.25) is 11.3 Å². The Kier molecular flexibility index (Phi) is 5.61. The minimum absolute atomic E-state index is 0.343. The zero-order valence-electron chi connectivity index (χ0n) is 11.8. The van der Waals surface area contributed by atoms with E-state index in [0.29, 0.717) is 11.9 Å². The predicted octanol–water partition coefficient (Wildman–Crippen LogP) is 2.43. The Labute approximate surface area is 115 Å². The van der Waals surface area contributed by atoms with Crippen LogP contribution in [0.25, 0.3) is 0 Å². The van der Waals surface area contributed by atoms with Crippen molar-refractivity contribution >= 4 is 0 Å². The van der Waals surface area contributed by atoms with Crippen molar-refractivity contribution in [3.05, 3.63) is 23.9 Å². The van der Waals surface area contributed by atoms with Crippen LogP contribution in [-0.4, -0.2) is 18.1 Å². The first-order valence-corrected chi connectivity index (χ1v) is 7.27. The number of ether oxygens (including phenoxy) is 1. The first-order chi connectivity index (χ1) is 9.31. The molecule has 0 amide bonds. The summed E-state index contributed by atoms with van der Waals surface area (Å²) in [6.07, 6.45) is 10.9. The third-order valence-corrected chi connectivity index (χ3v) is 4.12. The molecule has 1 heterocycles. The summed E-state index contributed by atoms with van der Waals surface area (Å²) in [6, 6.07) is 4.31. The highest BCUT2D eigenvalue weighted by molar-refractivity contribution is 5.18. The van der Waals surface area contributed by atoms with Crippen LogP contribution in [0.5, 0.6) is 5.88 Å². The van der Waals surface area contributed by atoms with Crippen LogP contribution < -0.4 is 16.0 Å². The molecule has 3 N–H and O–H groups in total. The van der Waals surface area contributed by atoms with Gasteiger partial charge in [-0.25, -0.2) is 4.98 Å². The van der Waals surface area contributed by atoms with Gasteiger partial charge in [0.25, 0.3) is 0 Å². The third kappa shape index (κ3) is 4.48. The van der Waals surface area contributed by atoms with Gasteiger partial charge in [0.2, 0.25) is 5.88 Å². The van der Waals surface area contributed by atoms with Crippen LogP contribution >= 0.6 is 0 Å². The standard InChI is InChI=1S/C15H25N3O/c1-19-15-9-7-13(11-17-15)10-14(18-16)8-6-12-4-2-3-5-12/h7,9,11-12,14,18H,2-6,8,10,16H2,1H3. The molecule has 1 aliphatic carbocycles. The van der Waals surface area contributed by atoms with E-state index in [1.807, 2.05) is 12.3 Å². The smallest absolute Gasteiger partial charge is 0.212 e. The molecule has 4 nitrogen and oxygen atoms in total. The maximum absolute atomic E-state index is 5.67. The second-order valence-electron chi connectivity index (χ2n) is 5.50. The highest BCUT2D eigenvalue weighted by atomic mass is 16.5. The topological polar surface area (TPSA) is 60.2 Å². The number of nitrogens with one attached hydrogen (secondary N) is 1. The van der Waals surface area contributed by atoms with Crippen LogP contribution in [-0.2, 0) is 6.42 Å². The van der Waals surface area contributed by atoms with E-state index in [-0.39, 0.29) is 0 Å². The van der Waals surface area contributed by atoms with Crippen LogP contribution in [0, 0.1) is 5.92 Å². The zero-order valence-corrected chi connectivity index (χ0v) is 11.8. The average Bonchev–Trinajstić information content (AvgIpc) is 2.97. The molecule has 0 aliphatic heterocycles. The highest BCUT2D eigenvalue weighted by Gasteiger charge is 2.17. The number of pyridine rings is 1. The fourth-order valence-electron chi connectivity index (χ4n) is 2.92. The van der Waals surface area contributed by atoms with Gasteiger partial charge in [0.15, 0.2) is 0 Å². The van der Waals surface area contributed by atoms with Crippen molar-refractivity contribution in [2.75, 3.05) is 7.11 Å². The Morgan fingerprint density at radius 3 is 2.79 bits per heavy atom. The van der Waals surface area contributed by atoms with Crippen LogP contribution in [0.3, 0.4) is 0 Å². The first-order valence-electron chi connectivity index (χ1n) is 7.27. The summed E-state index contributed by atoms with van der Waals surface area (Å²) in [7, 11) is 1.63. The number of hydrogen-bond donors (Lipinski definition) is 2. The monoisotopic (exact) mass is 263 g/mol. The summed E-state index contributed by atoms with van der Waals surface area (Å²) in [5, 5.41) is 0. The number of hydrogen-bond acceptors (Lipinski definition) is 4. The molecule has 0 bridgehead atoms. The Balaban J connectivity index is 1.79. The van der Waals surface area contributed by atoms with E-state index in [1.165, 1.54) is 37.7 Å². The van der Waals surface area contributed by atoms with Gasteiger partial charge in [-0.1, -0.05) is 31.7 Å². The van der Waals surface area contributed by atoms with Crippen LogP contribution in [0.4, 0.5) is 0 Å². The minimum atomic E-state index is 0.343. The minimum Gasteiger partial charge on any atom is -0.481 e. The predicted molar refractivity (Wildman–Crippen MR) is 76.8 cm³/mol. The Bertz CT molecular complexity index is 360. The maximum Gasteiger partial charge on any atom is 0.212 e. The lowest BCUT2D eigenvalue weighted by atomic mass is 9.96. The molecule has 0 spiro atoms. The van der Waals surface area contributed by atoms with Gasteiger partial charge in [-0.2, -0.15) is 0 Å². The molecular formula is C15H25N3O. The molecule has 0 aromatic carbocycles. The van der Waals surface area contributed by atoms with Crippen molar-refractivity contribution in [1.29, 1.82) is 0 Å². The second kappa shape index (κ2) is 7.46.